The second-order valence-electron chi connectivity index (χ2n) is 5.33. The molecule has 3 N–H and O–H groups in total. The van der Waals surface area contributed by atoms with Gasteiger partial charge in [0.2, 0.25) is 5.91 Å². The van der Waals surface area contributed by atoms with Crippen molar-refractivity contribution in [1.29, 1.82) is 0 Å². The Bertz CT molecular complexity index is 553. The minimum atomic E-state index is -2.64. The van der Waals surface area contributed by atoms with Crippen molar-refractivity contribution < 1.29 is 28.7 Å². The van der Waals surface area contributed by atoms with Crippen LogP contribution < -0.4 is 5.73 Å². The molecule has 1 saturated carbocycles. The van der Waals surface area contributed by atoms with Gasteiger partial charge in [0.25, 0.3) is 0 Å². The molecule has 3 atom stereocenters. The van der Waals surface area contributed by atoms with Crippen molar-refractivity contribution in [2.75, 3.05) is 6.54 Å². The van der Waals surface area contributed by atoms with Gasteiger partial charge in [0.1, 0.15) is 6.04 Å². The standard InChI is InChI=1S/C12H14FN3O5.Li.H/c13-9(11(18)19)21-16-6-3-7(5-1-2-5)8(10(14)17)15(4-6)12(16)20;;/h3,5-6,8-9H,1-2,4H2,(H2,14,17)(H,18,19);;/t6-,8+,9?;;/m1../s1. The van der Waals surface area contributed by atoms with E-state index < -0.39 is 36.3 Å². The van der Waals surface area contributed by atoms with Crippen LogP contribution in [0.25, 0.3) is 0 Å². The van der Waals surface area contributed by atoms with E-state index >= 15 is 0 Å². The molecule has 0 spiro atoms. The molecule has 10 heteroatoms. The monoisotopic (exact) mass is 307 g/mol. The average Bonchev–Trinajstić information content (AvgIpc) is 3.23. The summed E-state index contributed by atoms with van der Waals surface area (Å²) < 4.78 is 13.2. The summed E-state index contributed by atoms with van der Waals surface area (Å²) >= 11 is 0. The van der Waals surface area contributed by atoms with Crippen molar-refractivity contribution in [3.63, 3.8) is 0 Å². The molecule has 3 amide bonds. The van der Waals surface area contributed by atoms with E-state index in [1.807, 2.05) is 0 Å². The van der Waals surface area contributed by atoms with Crippen LogP contribution in [0.3, 0.4) is 0 Å². The SMILES string of the molecule is NC(=O)[C@@H]1C(C2CC2)=C[C@@H]2CN1C(=O)N2OC(F)C(=O)O.[LiH]. The molecule has 22 heavy (non-hydrogen) atoms. The first kappa shape index (κ1) is 16.8. The minimum absolute atomic E-state index is 0. The molecular weight excluding hydrogens is 292 g/mol. The van der Waals surface area contributed by atoms with Crippen molar-refractivity contribution in [2.24, 2.45) is 11.7 Å². The molecule has 2 aliphatic heterocycles. The van der Waals surface area contributed by atoms with E-state index in [-0.39, 0.29) is 31.3 Å². The second kappa shape index (κ2) is 5.91. The average molecular weight is 307 g/mol. The zero-order chi connectivity index (χ0) is 15.3. The molecule has 0 aromatic rings. The van der Waals surface area contributed by atoms with E-state index in [4.69, 9.17) is 10.8 Å². The first-order valence-electron chi connectivity index (χ1n) is 6.54. The van der Waals surface area contributed by atoms with Crippen LogP contribution in [-0.4, -0.2) is 76.8 Å². The quantitative estimate of drug-likeness (QED) is 0.497. The number of carboxylic acid groups (broad SMARTS) is 1. The number of amides is 3. The summed E-state index contributed by atoms with van der Waals surface area (Å²) in [5, 5.41) is 9.19. The van der Waals surface area contributed by atoms with E-state index in [0.29, 0.717) is 5.06 Å². The number of hydroxylamine groups is 2. The van der Waals surface area contributed by atoms with Gasteiger partial charge < -0.3 is 15.7 Å². The first-order chi connectivity index (χ1) is 9.90. The number of carboxylic acids is 1. The number of nitrogens with zero attached hydrogens (tertiary/aromatic N) is 2. The van der Waals surface area contributed by atoms with Crippen molar-refractivity contribution in [3.05, 3.63) is 11.6 Å². The Morgan fingerprint density at radius 1 is 1.45 bits per heavy atom. The molecule has 1 saturated heterocycles. The van der Waals surface area contributed by atoms with Gasteiger partial charge >= 0.3 is 37.2 Å². The zero-order valence-electron chi connectivity index (χ0n) is 10.9. The molecule has 0 aromatic heterocycles. The predicted molar refractivity (Wildman–Crippen MR) is 72.3 cm³/mol. The van der Waals surface area contributed by atoms with Gasteiger partial charge in [-0.3, -0.25) is 4.79 Å². The second-order valence-corrected chi connectivity index (χ2v) is 5.33. The Balaban J connectivity index is 0.00000176. The third-order valence-corrected chi connectivity index (χ3v) is 3.85. The number of rotatable bonds is 5. The fourth-order valence-electron chi connectivity index (χ4n) is 2.81. The summed E-state index contributed by atoms with van der Waals surface area (Å²) in [6.07, 6.45) is 0.848. The number of hydrogen-bond donors (Lipinski definition) is 2. The maximum absolute atomic E-state index is 13.2. The van der Waals surface area contributed by atoms with Crippen LogP contribution in [0, 0.1) is 5.92 Å². The van der Waals surface area contributed by atoms with Gasteiger partial charge in [0.15, 0.2) is 0 Å². The van der Waals surface area contributed by atoms with Crippen LogP contribution in [0.5, 0.6) is 0 Å². The fraction of sp³-hybridized carbons (Fsp3) is 0.583. The zero-order valence-corrected chi connectivity index (χ0v) is 10.9. The Kier molecular flexibility index (Phi) is 4.51. The molecule has 0 radical (unpaired) electrons. The summed E-state index contributed by atoms with van der Waals surface area (Å²) in [6.45, 7) is 0.120. The Morgan fingerprint density at radius 3 is 2.59 bits per heavy atom. The summed E-state index contributed by atoms with van der Waals surface area (Å²) in [4.78, 5) is 40.1. The molecule has 8 nitrogen and oxygen atoms in total. The normalized spacial score (nSPS) is 28.0. The van der Waals surface area contributed by atoms with Crippen LogP contribution in [0.2, 0.25) is 0 Å². The third kappa shape index (κ3) is 2.72. The van der Waals surface area contributed by atoms with Crippen LogP contribution in [0.4, 0.5) is 9.18 Å². The summed E-state index contributed by atoms with van der Waals surface area (Å²) in [5.41, 5.74) is 6.10. The molecule has 2 heterocycles. The van der Waals surface area contributed by atoms with Gasteiger partial charge in [-0.05, 0) is 24.3 Å². The number of halogens is 1. The Hall–Kier alpha value is -1.56. The summed E-state index contributed by atoms with van der Waals surface area (Å²) in [5.74, 6) is -2.28. The number of carbonyl (C=O) groups is 3. The van der Waals surface area contributed by atoms with E-state index in [2.05, 4.69) is 4.84 Å². The van der Waals surface area contributed by atoms with Gasteiger partial charge in [-0.1, -0.05) is 6.08 Å². The third-order valence-electron chi connectivity index (χ3n) is 3.85. The number of aliphatic carboxylic acids is 1. The Labute approximate surface area is 137 Å². The molecule has 3 aliphatic rings. The van der Waals surface area contributed by atoms with E-state index in [0.717, 1.165) is 18.4 Å². The molecule has 1 unspecified atom stereocenters. The first-order valence-corrected chi connectivity index (χ1v) is 6.54. The van der Waals surface area contributed by atoms with Gasteiger partial charge in [0, 0.05) is 0 Å². The van der Waals surface area contributed by atoms with Crippen LogP contribution in [-0.2, 0) is 14.4 Å². The number of fused-ring (bicyclic) bond motifs is 2. The number of nitrogens with two attached hydrogens (primary N) is 1. The molecule has 3 rings (SSSR count). The van der Waals surface area contributed by atoms with Crippen molar-refractivity contribution >= 4 is 36.8 Å². The van der Waals surface area contributed by atoms with E-state index in [1.165, 1.54) is 4.90 Å². The molecular formula is C12H15FLiN3O5. The number of primary amides is 1. The number of carbonyl (C=O) groups excluding carboxylic acids is 2. The van der Waals surface area contributed by atoms with Crippen LogP contribution in [0.15, 0.2) is 11.6 Å². The molecule has 116 valence electrons. The maximum atomic E-state index is 13.2. The topological polar surface area (TPSA) is 113 Å². The van der Waals surface area contributed by atoms with Crippen LogP contribution >= 0.6 is 0 Å². The van der Waals surface area contributed by atoms with Gasteiger partial charge in [-0.2, -0.15) is 5.06 Å². The van der Waals surface area contributed by atoms with Crippen molar-refractivity contribution in [2.45, 2.75) is 31.3 Å². The van der Waals surface area contributed by atoms with Crippen molar-refractivity contribution in [1.82, 2.24) is 9.96 Å². The van der Waals surface area contributed by atoms with Crippen LogP contribution in [0.1, 0.15) is 12.8 Å². The van der Waals surface area contributed by atoms with Crippen molar-refractivity contribution in [3.8, 4) is 0 Å². The Morgan fingerprint density at radius 2 is 2.09 bits per heavy atom. The fourth-order valence-corrected chi connectivity index (χ4v) is 2.81. The summed E-state index contributed by atoms with van der Waals surface area (Å²) in [6, 6.07) is -2.22. The van der Waals surface area contributed by atoms with Gasteiger partial charge in [0.05, 0.1) is 12.6 Å². The molecule has 2 bridgehead atoms. The van der Waals surface area contributed by atoms with E-state index in [9.17, 15) is 18.8 Å². The number of hydrogen-bond acceptors (Lipinski definition) is 4. The molecule has 0 aromatic carbocycles. The molecule has 1 aliphatic carbocycles. The predicted octanol–water partition coefficient (Wildman–Crippen LogP) is -1.04. The van der Waals surface area contributed by atoms with E-state index in [1.54, 1.807) is 6.08 Å². The molecule has 2 fully saturated rings. The van der Waals surface area contributed by atoms with Gasteiger partial charge in [-0.15, -0.1) is 0 Å². The number of alkyl halides is 1. The van der Waals surface area contributed by atoms with Gasteiger partial charge in [-0.25, -0.2) is 18.8 Å². The summed E-state index contributed by atoms with van der Waals surface area (Å²) in [7, 11) is 0. The number of urea groups is 1.